The van der Waals surface area contributed by atoms with Crippen molar-refractivity contribution in [1.82, 2.24) is 53.2 Å². The van der Waals surface area contributed by atoms with Crippen LogP contribution in [-0.2, 0) is 77.1 Å². The van der Waals surface area contributed by atoms with E-state index < -0.39 is 157 Å². The van der Waals surface area contributed by atoms with Crippen LogP contribution in [0.5, 0.6) is 0 Å². The Labute approximate surface area is 426 Å². The fourth-order valence-electron chi connectivity index (χ4n) is 6.27. The summed E-state index contributed by atoms with van der Waals surface area (Å²) in [5.41, 5.74) is 10.7. The molecule has 1 heterocycles. The summed E-state index contributed by atoms with van der Waals surface area (Å²) in [6, 6.07) is -13.1. The van der Waals surface area contributed by atoms with E-state index in [9.17, 15) is 67.7 Å². The Bertz CT molecular complexity index is 1970. The van der Waals surface area contributed by atoms with Crippen molar-refractivity contribution in [3.63, 3.8) is 0 Å². The number of aliphatic hydroxyl groups excluding tert-OH is 2. The van der Waals surface area contributed by atoms with Crippen molar-refractivity contribution in [2.24, 2.45) is 17.4 Å². The third kappa shape index (κ3) is 25.6. The van der Waals surface area contributed by atoms with E-state index in [1.807, 2.05) is 0 Å². The van der Waals surface area contributed by atoms with E-state index in [1.165, 1.54) is 0 Å². The van der Waals surface area contributed by atoms with Crippen molar-refractivity contribution >= 4 is 98.6 Å². The van der Waals surface area contributed by atoms with Gasteiger partial charge >= 0.3 is 11.9 Å². The lowest BCUT2D eigenvalue weighted by molar-refractivity contribution is -0.255. The Morgan fingerprint density at radius 1 is 0.753 bits per heavy atom. The van der Waals surface area contributed by atoms with Gasteiger partial charge in [-0.15, -0.1) is 0 Å². The summed E-state index contributed by atoms with van der Waals surface area (Å²) < 4.78 is 0. The van der Waals surface area contributed by atoms with Gasteiger partial charge in [0.05, 0.1) is 46.3 Å². The zero-order valence-corrected chi connectivity index (χ0v) is 42.6. The minimum Gasteiger partial charge on any atom is -0.394 e. The Balaban J connectivity index is 3.83. The van der Waals surface area contributed by atoms with Crippen LogP contribution in [0.2, 0.25) is 0 Å². The van der Waals surface area contributed by atoms with E-state index >= 15 is 0 Å². The molecular weight excluding hydrogens is 1010 g/mol. The van der Waals surface area contributed by atoms with Gasteiger partial charge in [0.25, 0.3) is 0 Å². The third-order valence-electron chi connectivity index (χ3n) is 9.81. The Kier molecular flexibility index (Phi) is 30.0. The van der Waals surface area contributed by atoms with Gasteiger partial charge in [0.15, 0.2) is 5.96 Å². The zero-order chi connectivity index (χ0) is 55.4. The van der Waals surface area contributed by atoms with E-state index in [4.69, 9.17) is 16.9 Å². The van der Waals surface area contributed by atoms with E-state index in [0.29, 0.717) is 0 Å². The van der Waals surface area contributed by atoms with Crippen LogP contribution in [-0.4, -0.2) is 187 Å². The Morgan fingerprint density at radius 3 is 1.89 bits per heavy atom. The molecule has 9 atom stereocenters. The molecule has 0 bridgehead atoms. The molecule has 0 aromatic rings. The highest BCUT2D eigenvalue weighted by atomic mass is 33.1. The van der Waals surface area contributed by atoms with Gasteiger partial charge in [-0.1, -0.05) is 35.4 Å². The maximum atomic E-state index is 14.1. The molecule has 10 amide bonds. The second-order valence-electron chi connectivity index (χ2n) is 16.4. The van der Waals surface area contributed by atoms with Gasteiger partial charge in [0, 0.05) is 25.0 Å². The second kappa shape index (κ2) is 34.0. The standard InChI is InChI=1S/C40H67N13O18S2/c1-18(2)12-23-35(63)52-26(33(61)45-14-28(57)47-21(32(41)60)9-10-29(58)70-68-5)16-72-73-17-27(46-20(4)56)38(66)48-22(8-7-11-44-40(42)43)34(62)51-25(15-54)37(65)49-24(13-30(59)71-69-6)36(64)53-31(19(3)55)39(67)50-23/h18-19,21-27,31,54-55H,7-17H2,1-6H3,(H2,41,60)(H,45,61)(H,46,56)(H,47,57)(H,48,66)(H,49,65)(H,50,67)(H,51,62)(H,52,63)(H,53,64)(H4,42,43,44)/t19-,21+,22+,23+,24+,25+,26+,27+,31+/m1/s1. The van der Waals surface area contributed by atoms with Crippen molar-refractivity contribution < 1.29 is 87.3 Å². The summed E-state index contributed by atoms with van der Waals surface area (Å²) in [6.07, 6.45) is -3.65. The second-order valence-corrected chi connectivity index (χ2v) is 18.9. The molecule has 1 saturated heterocycles. The minimum absolute atomic E-state index is 0.0235. The quantitative estimate of drug-likeness (QED) is 0.0127. The molecule has 73 heavy (non-hydrogen) atoms. The molecule has 1 aliphatic rings. The van der Waals surface area contributed by atoms with Gasteiger partial charge < -0.3 is 74.8 Å². The van der Waals surface area contributed by atoms with Crippen LogP contribution in [0, 0.1) is 11.3 Å². The van der Waals surface area contributed by atoms with Gasteiger partial charge in [0.1, 0.15) is 48.3 Å². The minimum atomic E-state index is -1.96. The first kappa shape index (κ1) is 64.5. The third-order valence-corrected chi connectivity index (χ3v) is 12.2. The average Bonchev–Trinajstić information content (AvgIpc) is 3.30. The molecule has 0 aliphatic carbocycles. The lowest BCUT2D eigenvalue weighted by Gasteiger charge is -2.28. The molecule has 33 heteroatoms. The Hall–Kier alpha value is -6.55. The largest absolute Gasteiger partial charge is 0.394 e. The number of nitrogens with one attached hydrogen (secondary N) is 11. The Morgan fingerprint density at radius 2 is 1.32 bits per heavy atom. The molecule has 0 aromatic carbocycles. The predicted molar refractivity (Wildman–Crippen MR) is 256 cm³/mol. The van der Waals surface area contributed by atoms with Crippen molar-refractivity contribution in [3.05, 3.63) is 0 Å². The van der Waals surface area contributed by atoms with Crippen LogP contribution < -0.4 is 64.6 Å². The van der Waals surface area contributed by atoms with Crippen LogP contribution in [0.3, 0.4) is 0 Å². The van der Waals surface area contributed by atoms with E-state index in [0.717, 1.165) is 49.7 Å². The normalized spacial score (nSPS) is 22.7. The molecule has 412 valence electrons. The summed E-state index contributed by atoms with van der Waals surface area (Å²) in [6.45, 7) is 3.66. The number of rotatable bonds is 21. The number of nitrogens with two attached hydrogens (primary N) is 2. The number of primary amides is 1. The summed E-state index contributed by atoms with van der Waals surface area (Å²) in [5, 5.41) is 51.9. The molecule has 0 saturated carbocycles. The summed E-state index contributed by atoms with van der Waals surface area (Å²) in [5.74, 6) is -13.8. The number of guanidine groups is 1. The molecule has 0 spiro atoms. The first-order valence-electron chi connectivity index (χ1n) is 22.4. The SMILES string of the molecule is COOC(=O)CC[C@H](NC(=O)CNC(=O)[C@@H]1CSSC[C@H](NC(C)=O)C(=O)N[C@@H](CCCNC(=N)N)C(=O)N[C@@H](CO)C(=O)N[C@@H](CC(=O)OOC)C(=O)N[C@@H]([C@@H](C)O)C(=O)N[C@@H](CC(C)C)C(=O)N1)C(N)=O. The van der Waals surface area contributed by atoms with Gasteiger partial charge in [-0.05, 0) is 38.5 Å². The molecule has 0 unspecified atom stereocenters. The van der Waals surface area contributed by atoms with Crippen LogP contribution in [0.1, 0.15) is 66.2 Å². The fraction of sp³-hybridized carbons (Fsp3) is 0.675. The predicted octanol–water partition coefficient (Wildman–Crippen LogP) is -7.06. The van der Waals surface area contributed by atoms with Crippen molar-refractivity contribution in [2.75, 3.05) is 45.4 Å². The molecule has 1 fully saturated rings. The molecule has 31 nitrogen and oxygen atoms in total. The molecule has 0 radical (unpaired) electrons. The first-order valence-corrected chi connectivity index (χ1v) is 24.9. The smallest absolute Gasteiger partial charge is 0.344 e. The molecule has 0 aromatic heterocycles. The van der Waals surface area contributed by atoms with Crippen LogP contribution in [0.25, 0.3) is 0 Å². The highest BCUT2D eigenvalue weighted by molar-refractivity contribution is 8.76. The topological polar surface area (TPSA) is 478 Å². The number of hydrogen-bond donors (Lipinski definition) is 15. The number of hydrogen-bond acceptors (Lipinski definition) is 21. The highest BCUT2D eigenvalue weighted by Crippen LogP contribution is 2.24. The zero-order valence-electron chi connectivity index (χ0n) is 40.9. The molecule has 1 rings (SSSR count). The maximum Gasteiger partial charge on any atom is 0.344 e. The van der Waals surface area contributed by atoms with E-state index in [2.05, 4.69) is 72.7 Å². The van der Waals surface area contributed by atoms with Crippen LogP contribution in [0.4, 0.5) is 0 Å². The first-order chi connectivity index (χ1) is 34.3. The van der Waals surface area contributed by atoms with Crippen molar-refractivity contribution in [2.45, 2.75) is 121 Å². The molecule has 1 aliphatic heterocycles. The van der Waals surface area contributed by atoms with Crippen LogP contribution in [0.15, 0.2) is 0 Å². The maximum absolute atomic E-state index is 14.1. The van der Waals surface area contributed by atoms with E-state index in [-0.39, 0.29) is 49.7 Å². The summed E-state index contributed by atoms with van der Waals surface area (Å²) in [7, 11) is 3.83. The van der Waals surface area contributed by atoms with Gasteiger partial charge in [-0.25, -0.2) is 9.59 Å². The van der Waals surface area contributed by atoms with Gasteiger partial charge in [-0.3, -0.25) is 63.1 Å². The lowest BCUT2D eigenvalue weighted by Crippen LogP contribution is -2.62. The van der Waals surface area contributed by atoms with Crippen molar-refractivity contribution in [3.8, 4) is 0 Å². The number of carbonyl (C=O) groups is 12. The monoisotopic (exact) mass is 1080 g/mol. The van der Waals surface area contributed by atoms with E-state index in [1.54, 1.807) is 13.8 Å². The number of aliphatic hydroxyl groups is 2. The molecule has 17 N–H and O–H groups in total. The van der Waals surface area contributed by atoms with Crippen LogP contribution >= 0.6 is 21.6 Å². The number of carbonyl (C=O) groups excluding carboxylic acids is 12. The highest BCUT2D eigenvalue weighted by Gasteiger charge is 2.37. The lowest BCUT2D eigenvalue weighted by atomic mass is 10.0. The summed E-state index contributed by atoms with van der Waals surface area (Å²) in [4.78, 5) is 176. The van der Waals surface area contributed by atoms with Crippen molar-refractivity contribution in [1.29, 1.82) is 5.41 Å². The van der Waals surface area contributed by atoms with Gasteiger partial charge in [0.2, 0.25) is 59.1 Å². The van der Waals surface area contributed by atoms with Gasteiger partial charge in [-0.2, -0.15) is 9.78 Å². The summed E-state index contributed by atoms with van der Waals surface area (Å²) >= 11 is 0. The molecular formula is C40H67N13O18S2. The number of amides is 10. The fourth-order valence-corrected chi connectivity index (χ4v) is 8.60. The average molecular weight is 1080 g/mol.